The fourth-order valence-corrected chi connectivity index (χ4v) is 0.924. The molecule has 0 aliphatic carbocycles. The fraction of sp³-hybridized carbons (Fsp3) is 0. The Morgan fingerprint density at radius 2 is 2.42 bits per heavy atom. The molecule has 0 unspecified atom stereocenters. The number of carbonyl (C=O) groups is 1. The first-order chi connectivity index (χ1) is 5.79. The summed E-state index contributed by atoms with van der Waals surface area (Å²) in [5.74, 6) is -1.37. The van der Waals surface area contributed by atoms with Gasteiger partial charge in [0.25, 0.3) is 5.76 Å². The Balaban J connectivity index is 2.79. The third-order valence-electron chi connectivity index (χ3n) is 1.43. The molecule has 5 nitrogen and oxygen atoms in total. The number of rotatable bonds is 1. The zero-order valence-electron chi connectivity index (χ0n) is 5.89. The van der Waals surface area contributed by atoms with Crippen molar-refractivity contribution in [1.82, 2.24) is 10.1 Å². The topological polar surface area (TPSA) is 76.2 Å². The van der Waals surface area contributed by atoms with Crippen LogP contribution in [0.1, 0.15) is 10.6 Å². The Kier molecular flexibility index (Phi) is 1.30. The molecule has 2 heterocycles. The number of aromatic carboxylic acids is 1. The van der Waals surface area contributed by atoms with E-state index in [1.54, 1.807) is 12.1 Å². The average molecular weight is 164 g/mol. The minimum Gasteiger partial charge on any atom is -0.475 e. The Morgan fingerprint density at radius 3 is 3.17 bits per heavy atom. The van der Waals surface area contributed by atoms with Crippen LogP contribution in [0.3, 0.4) is 0 Å². The zero-order chi connectivity index (χ0) is 8.55. The molecule has 0 fully saturated rings. The first kappa shape index (κ1) is 6.78. The van der Waals surface area contributed by atoms with Gasteiger partial charge in [-0.3, -0.25) is 4.98 Å². The van der Waals surface area contributed by atoms with Gasteiger partial charge in [-0.1, -0.05) is 5.16 Å². The van der Waals surface area contributed by atoms with Crippen molar-refractivity contribution < 1.29 is 14.4 Å². The van der Waals surface area contributed by atoms with Crippen molar-refractivity contribution in [2.45, 2.75) is 0 Å². The molecule has 0 saturated heterocycles. The first-order valence-corrected chi connectivity index (χ1v) is 3.23. The smallest absolute Gasteiger partial charge is 0.377 e. The van der Waals surface area contributed by atoms with E-state index in [1.165, 1.54) is 6.20 Å². The van der Waals surface area contributed by atoms with Crippen LogP contribution in [0.25, 0.3) is 11.0 Å². The van der Waals surface area contributed by atoms with Crippen molar-refractivity contribution in [3.05, 3.63) is 24.1 Å². The fourth-order valence-electron chi connectivity index (χ4n) is 0.924. The highest BCUT2D eigenvalue weighted by Gasteiger charge is 2.15. The van der Waals surface area contributed by atoms with Crippen LogP contribution in [-0.4, -0.2) is 21.2 Å². The third kappa shape index (κ3) is 0.833. The molecule has 2 aromatic rings. The molecule has 1 N–H and O–H groups in total. The highest BCUT2D eigenvalue weighted by Crippen LogP contribution is 2.13. The molecule has 60 valence electrons. The summed E-state index contributed by atoms with van der Waals surface area (Å²) in [5, 5.41) is 12.1. The highest BCUT2D eigenvalue weighted by atomic mass is 16.5. The maximum Gasteiger partial charge on any atom is 0.377 e. The van der Waals surface area contributed by atoms with E-state index >= 15 is 0 Å². The lowest BCUT2D eigenvalue weighted by molar-refractivity contribution is 0.0655. The molecule has 0 amide bonds. The molecule has 2 rings (SSSR count). The molecule has 0 bridgehead atoms. The predicted octanol–water partition coefficient (Wildman–Crippen LogP) is 0.921. The second kappa shape index (κ2) is 2.30. The van der Waals surface area contributed by atoms with Gasteiger partial charge in [-0.2, -0.15) is 0 Å². The summed E-state index contributed by atoms with van der Waals surface area (Å²) in [4.78, 5) is 14.3. The molecular weight excluding hydrogens is 160 g/mol. The quantitative estimate of drug-likeness (QED) is 0.678. The highest BCUT2D eigenvalue weighted by molar-refractivity contribution is 5.97. The molecular formula is C7H4N2O3. The first-order valence-electron chi connectivity index (χ1n) is 3.23. The molecule has 0 spiro atoms. The lowest BCUT2D eigenvalue weighted by Crippen LogP contribution is -1.94. The van der Waals surface area contributed by atoms with E-state index in [0.29, 0.717) is 5.52 Å². The van der Waals surface area contributed by atoms with Gasteiger partial charge in [0.2, 0.25) is 0 Å². The van der Waals surface area contributed by atoms with Gasteiger partial charge in [0.05, 0.1) is 0 Å². The largest absolute Gasteiger partial charge is 0.475 e. The summed E-state index contributed by atoms with van der Waals surface area (Å²) >= 11 is 0. The van der Waals surface area contributed by atoms with E-state index in [2.05, 4.69) is 14.7 Å². The van der Waals surface area contributed by atoms with Crippen molar-refractivity contribution in [3.63, 3.8) is 0 Å². The van der Waals surface area contributed by atoms with Crippen molar-refractivity contribution in [2.75, 3.05) is 0 Å². The van der Waals surface area contributed by atoms with Gasteiger partial charge in [0.15, 0.2) is 0 Å². The van der Waals surface area contributed by atoms with E-state index in [4.69, 9.17) is 5.11 Å². The zero-order valence-corrected chi connectivity index (χ0v) is 5.89. The molecule has 0 saturated carbocycles. The van der Waals surface area contributed by atoms with Crippen LogP contribution in [-0.2, 0) is 0 Å². The standard InChI is InChI=1S/C7H4N2O3/c10-7(11)6-5-4(9-12-6)2-1-3-8-5/h1-3H,(H,10,11). The van der Waals surface area contributed by atoms with E-state index in [-0.39, 0.29) is 11.3 Å². The maximum atomic E-state index is 10.5. The van der Waals surface area contributed by atoms with Crippen molar-refractivity contribution >= 4 is 17.0 Å². The summed E-state index contributed by atoms with van der Waals surface area (Å²) in [6.45, 7) is 0. The van der Waals surface area contributed by atoms with Gasteiger partial charge in [-0.05, 0) is 12.1 Å². The number of hydrogen-bond acceptors (Lipinski definition) is 4. The van der Waals surface area contributed by atoms with E-state index in [0.717, 1.165) is 0 Å². The SMILES string of the molecule is O=C(O)c1onc2cccnc12. The summed E-state index contributed by atoms with van der Waals surface area (Å²) in [7, 11) is 0. The number of carboxylic acid groups (broad SMARTS) is 1. The molecule has 0 aromatic carbocycles. The minimum absolute atomic E-state index is 0.217. The predicted molar refractivity (Wildman–Crippen MR) is 38.8 cm³/mol. The van der Waals surface area contributed by atoms with Crippen LogP contribution in [0, 0.1) is 0 Å². The van der Waals surface area contributed by atoms with Gasteiger partial charge >= 0.3 is 5.97 Å². The lowest BCUT2D eigenvalue weighted by Gasteiger charge is -1.84. The summed E-state index contributed by atoms with van der Waals surface area (Å²) < 4.78 is 4.56. The average Bonchev–Trinajstić information content (AvgIpc) is 2.47. The van der Waals surface area contributed by atoms with Crippen LogP contribution in [0.2, 0.25) is 0 Å². The second-order valence-electron chi connectivity index (χ2n) is 2.19. The number of carboxylic acids is 1. The summed E-state index contributed by atoms with van der Waals surface area (Å²) in [6.07, 6.45) is 1.49. The molecule has 0 atom stereocenters. The molecule has 0 aliphatic rings. The van der Waals surface area contributed by atoms with Crippen molar-refractivity contribution in [1.29, 1.82) is 0 Å². The minimum atomic E-state index is -1.16. The second-order valence-corrected chi connectivity index (χ2v) is 2.19. The Hall–Kier alpha value is -1.91. The van der Waals surface area contributed by atoms with Crippen molar-refractivity contribution in [3.8, 4) is 0 Å². The number of aromatic nitrogens is 2. The summed E-state index contributed by atoms with van der Waals surface area (Å²) in [5.41, 5.74) is 0.736. The van der Waals surface area contributed by atoms with Gasteiger partial charge in [0, 0.05) is 6.20 Å². The lowest BCUT2D eigenvalue weighted by atomic mass is 10.3. The molecule has 12 heavy (non-hydrogen) atoms. The van der Waals surface area contributed by atoms with Crippen LogP contribution < -0.4 is 0 Å². The van der Waals surface area contributed by atoms with E-state index in [9.17, 15) is 4.79 Å². The normalized spacial score (nSPS) is 10.3. The third-order valence-corrected chi connectivity index (χ3v) is 1.43. The molecule has 0 radical (unpaired) electrons. The van der Waals surface area contributed by atoms with Gasteiger partial charge in [-0.25, -0.2) is 4.79 Å². The van der Waals surface area contributed by atoms with Gasteiger partial charge < -0.3 is 9.63 Å². The monoisotopic (exact) mass is 164 g/mol. The van der Waals surface area contributed by atoms with Crippen LogP contribution >= 0.6 is 0 Å². The number of pyridine rings is 1. The number of fused-ring (bicyclic) bond motifs is 1. The number of hydrogen-bond donors (Lipinski definition) is 1. The molecule has 0 aliphatic heterocycles. The molecule has 2 aromatic heterocycles. The van der Waals surface area contributed by atoms with Gasteiger partial charge in [-0.15, -0.1) is 0 Å². The summed E-state index contributed by atoms with van der Waals surface area (Å²) in [6, 6.07) is 3.30. The maximum absolute atomic E-state index is 10.5. The number of nitrogens with zero attached hydrogens (tertiary/aromatic N) is 2. The molecule has 5 heteroatoms. The van der Waals surface area contributed by atoms with Gasteiger partial charge in [0.1, 0.15) is 11.0 Å². The Bertz CT molecular complexity index is 435. The Morgan fingerprint density at radius 1 is 1.58 bits per heavy atom. The van der Waals surface area contributed by atoms with Crippen LogP contribution in [0.5, 0.6) is 0 Å². The van der Waals surface area contributed by atoms with Crippen LogP contribution in [0.4, 0.5) is 0 Å². The van der Waals surface area contributed by atoms with Crippen molar-refractivity contribution in [2.24, 2.45) is 0 Å². The van der Waals surface area contributed by atoms with E-state index < -0.39 is 5.97 Å². The van der Waals surface area contributed by atoms with Crippen LogP contribution in [0.15, 0.2) is 22.9 Å². The van der Waals surface area contributed by atoms with E-state index in [1.807, 2.05) is 0 Å². The Labute approximate surface area is 66.6 Å².